The summed E-state index contributed by atoms with van der Waals surface area (Å²) in [5, 5.41) is 13.6. The van der Waals surface area contributed by atoms with Crippen molar-refractivity contribution in [3.05, 3.63) is 21.3 Å². The van der Waals surface area contributed by atoms with Gasteiger partial charge in [-0.1, -0.05) is 0 Å². The number of nitro groups is 1. The summed E-state index contributed by atoms with van der Waals surface area (Å²) >= 11 is 1.50. The van der Waals surface area contributed by atoms with Crippen molar-refractivity contribution < 1.29 is 4.92 Å². The lowest BCUT2D eigenvalue weighted by molar-refractivity contribution is -0.403. The van der Waals surface area contributed by atoms with Crippen molar-refractivity contribution >= 4 is 11.8 Å². The predicted molar refractivity (Wildman–Crippen MR) is 40.2 cm³/mol. The van der Waals surface area contributed by atoms with Crippen molar-refractivity contribution in [2.75, 3.05) is 12.3 Å². The van der Waals surface area contributed by atoms with Gasteiger partial charge in [-0.05, 0) is 6.42 Å². The third-order valence-electron chi connectivity index (χ3n) is 1.10. The molecule has 1 aliphatic heterocycles. The van der Waals surface area contributed by atoms with Crippen LogP contribution in [0.4, 0.5) is 0 Å². The minimum absolute atomic E-state index is 0.430. The van der Waals surface area contributed by atoms with Gasteiger partial charge < -0.3 is 5.32 Å². The van der Waals surface area contributed by atoms with Gasteiger partial charge in [-0.2, -0.15) is 0 Å². The summed E-state index contributed by atoms with van der Waals surface area (Å²) in [4.78, 5) is 9.51. The van der Waals surface area contributed by atoms with E-state index in [9.17, 15) is 10.1 Å². The first-order chi connectivity index (χ1) is 4.79. The summed E-state index contributed by atoms with van der Waals surface area (Å²) in [7, 11) is 0. The molecule has 1 saturated heterocycles. The molecule has 0 radical (unpaired) electrons. The Bertz CT molecular complexity index is 161. The number of hydrogen-bond donors (Lipinski definition) is 1. The first-order valence-electron chi connectivity index (χ1n) is 3.01. The van der Waals surface area contributed by atoms with Gasteiger partial charge in [-0.3, -0.25) is 10.1 Å². The maximum absolute atomic E-state index is 9.94. The zero-order chi connectivity index (χ0) is 7.40. The molecule has 1 aliphatic rings. The van der Waals surface area contributed by atoms with Crippen molar-refractivity contribution in [1.29, 1.82) is 0 Å². The molecular formula is C5H8N2O2S. The maximum Gasteiger partial charge on any atom is 0.263 e. The Balaban J connectivity index is 2.45. The van der Waals surface area contributed by atoms with E-state index in [0.717, 1.165) is 24.9 Å². The molecule has 1 fully saturated rings. The normalized spacial score (nSPS) is 22.2. The highest BCUT2D eigenvalue weighted by molar-refractivity contribution is 8.03. The molecule has 1 rings (SSSR count). The van der Waals surface area contributed by atoms with Gasteiger partial charge >= 0.3 is 0 Å². The van der Waals surface area contributed by atoms with Gasteiger partial charge in [0.15, 0.2) is 0 Å². The van der Waals surface area contributed by atoms with E-state index in [2.05, 4.69) is 5.32 Å². The van der Waals surface area contributed by atoms with Gasteiger partial charge in [-0.15, -0.1) is 11.8 Å². The fourth-order valence-corrected chi connectivity index (χ4v) is 1.57. The molecule has 4 nitrogen and oxygen atoms in total. The summed E-state index contributed by atoms with van der Waals surface area (Å²) in [5.41, 5.74) is 0. The van der Waals surface area contributed by atoms with Crippen LogP contribution in [0.2, 0.25) is 0 Å². The Morgan fingerprint density at radius 3 is 3.10 bits per heavy atom. The number of thioether (sulfide) groups is 1. The minimum atomic E-state index is -0.430. The van der Waals surface area contributed by atoms with E-state index < -0.39 is 4.92 Å². The molecule has 0 aliphatic carbocycles. The van der Waals surface area contributed by atoms with Gasteiger partial charge in [0.2, 0.25) is 0 Å². The van der Waals surface area contributed by atoms with Crippen LogP contribution in [0.15, 0.2) is 11.2 Å². The zero-order valence-corrected chi connectivity index (χ0v) is 6.19. The molecule has 0 aromatic rings. The van der Waals surface area contributed by atoms with Crippen molar-refractivity contribution in [1.82, 2.24) is 5.32 Å². The third-order valence-corrected chi connectivity index (χ3v) is 2.15. The fraction of sp³-hybridized carbons (Fsp3) is 0.600. The van der Waals surface area contributed by atoms with Crippen LogP contribution in [0.3, 0.4) is 0 Å². The first kappa shape index (κ1) is 7.40. The summed E-state index contributed by atoms with van der Waals surface area (Å²) in [6.45, 7) is 0.854. The molecule has 1 N–H and O–H groups in total. The van der Waals surface area contributed by atoms with Crippen LogP contribution >= 0.6 is 11.8 Å². The third kappa shape index (κ3) is 2.26. The first-order valence-corrected chi connectivity index (χ1v) is 3.99. The van der Waals surface area contributed by atoms with E-state index in [-0.39, 0.29) is 0 Å². The lowest BCUT2D eigenvalue weighted by atomic mass is 10.5. The van der Waals surface area contributed by atoms with Crippen molar-refractivity contribution in [3.8, 4) is 0 Å². The average Bonchev–Trinajstić information content (AvgIpc) is 1.88. The highest BCUT2D eigenvalue weighted by Gasteiger charge is 2.07. The molecule has 0 aromatic carbocycles. The highest BCUT2D eigenvalue weighted by atomic mass is 32.2. The number of nitrogens with zero attached hydrogens (tertiary/aromatic N) is 1. The average molecular weight is 160 g/mol. The molecule has 5 heteroatoms. The fourth-order valence-electron chi connectivity index (χ4n) is 0.696. The van der Waals surface area contributed by atoms with E-state index in [4.69, 9.17) is 0 Å². The van der Waals surface area contributed by atoms with Crippen LogP contribution < -0.4 is 5.32 Å². The van der Waals surface area contributed by atoms with Crippen LogP contribution in [0.1, 0.15) is 6.42 Å². The summed E-state index contributed by atoms with van der Waals surface area (Å²) in [6, 6.07) is 0. The predicted octanol–water partition coefficient (Wildman–Crippen LogP) is 0.788. The van der Waals surface area contributed by atoms with E-state index >= 15 is 0 Å². The van der Waals surface area contributed by atoms with Crippen LogP contribution in [0, 0.1) is 10.1 Å². The molecule has 0 amide bonds. The van der Waals surface area contributed by atoms with Crippen molar-refractivity contribution in [2.45, 2.75) is 6.42 Å². The monoisotopic (exact) mass is 160 g/mol. The van der Waals surface area contributed by atoms with Crippen LogP contribution in [-0.4, -0.2) is 17.2 Å². The summed E-state index contributed by atoms with van der Waals surface area (Å²) in [5.74, 6) is 0.979. The Hall–Kier alpha value is -0.710. The largest absolute Gasteiger partial charge is 0.375 e. The smallest absolute Gasteiger partial charge is 0.263 e. The van der Waals surface area contributed by atoms with E-state index in [1.807, 2.05) is 0 Å². The number of nitrogens with one attached hydrogen (secondary N) is 1. The lowest BCUT2D eigenvalue weighted by Crippen LogP contribution is -2.19. The van der Waals surface area contributed by atoms with Gasteiger partial charge in [0.1, 0.15) is 5.03 Å². The SMILES string of the molecule is O=[N+]([O-])C=C1NCCCS1. The zero-order valence-electron chi connectivity index (χ0n) is 5.37. The second-order valence-electron chi connectivity index (χ2n) is 1.91. The Kier molecular flexibility index (Phi) is 2.56. The van der Waals surface area contributed by atoms with Crippen molar-refractivity contribution in [3.63, 3.8) is 0 Å². The second kappa shape index (κ2) is 3.46. The molecule has 10 heavy (non-hydrogen) atoms. The number of rotatable bonds is 1. The number of hydrogen-bond acceptors (Lipinski definition) is 4. The van der Waals surface area contributed by atoms with Crippen LogP contribution in [0.25, 0.3) is 0 Å². The van der Waals surface area contributed by atoms with E-state index in [1.54, 1.807) is 0 Å². The Morgan fingerprint density at radius 1 is 1.80 bits per heavy atom. The van der Waals surface area contributed by atoms with Crippen molar-refractivity contribution in [2.24, 2.45) is 0 Å². The molecular weight excluding hydrogens is 152 g/mol. The summed E-state index contributed by atoms with van der Waals surface area (Å²) < 4.78 is 0. The molecule has 0 unspecified atom stereocenters. The quantitative estimate of drug-likeness (QED) is 0.455. The van der Waals surface area contributed by atoms with E-state index in [1.165, 1.54) is 11.8 Å². The second-order valence-corrected chi connectivity index (χ2v) is 3.04. The molecule has 56 valence electrons. The highest BCUT2D eigenvalue weighted by Crippen LogP contribution is 2.17. The molecule has 0 saturated carbocycles. The van der Waals surface area contributed by atoms with Crippen LogP contribution in [-0.2, 0) is 0 Å². The topological polar surface area (TPSA) is 55.2 Å². The Morgan fingerprint density at radius 2 is 2.60 bits per heavy atom. The standard InChI is InChI=1S/C5H8N2O2S/c8-7(9)4-5-6-2-1-3-10-5/h4,6H,1-3H2. The van der Waals surface area contributed by atoms with Gasteiger partial charge in [0.25, 0.3) is 6.20 Å². The minimum Gasteiger partial charge on any atom is -0.375 e. The molecule has 0 atom stereocenters. The maximum atomic E-state index is 9.94. The van der Waals surface area contributed by atoms with Crippen LogP contribution in [0.5, 0.6) is 0 Å². The Labute approximate surface area is 62.8 Å². The molecule has 0 spiro atoms. The molecule has 0 aromatic heterocycles. The molecule has 1 heterocycles. The summed E-state index contributed by atoms with van der Waals surface area (Å²) in [6.07, 6.45) is 2.10. The van der Waals surface area contributed by atoms with Gasteiger partial charge in [-0.25, -0.2) is 0 Å². The van der Waals surface area contributed by atoms with Gasteiger partial charge in [0.05, 0.1) is 4.92 Å². The van der Waals surface area contributed by atoms with Gasteiger partial charge in [0, 0.05) is 12.3 Å². The molecule has 0 bridgehead atoms. The lowest BCUT2D eigenvalue weighted by Gasteiger charge is -2.12. The van der Waals surface area contributed by atoms with E-state index in [0.29, 0.717) is 5.03 Å².